The van der Waals surface area contributed by atoms with E-state index < -0.39 is 0 Å². The fourth-order valence-corrected chi connectivity index (χ4v) is 3.48. The first-order chi connectivity index (χ1) is 12.2. The zero-order valence-corrected chi connectivity index (χ0v) is 15.5. The van der Waals surface area contributed by atoms with E-state index in [1.807, 2.05) is 47.4 Å². The standard InChI is InChI=1S/C21H24N2O2.ClH/c22-19-13-23(12-18(19)16-6-2-1-3-7-16)21(24)17-8-4-5-9-20(17)25-14-15-10-11-15;/h1-9,15,18-19H,10-14,22H2;1H/t18-,19+;/m0./s1. The van der Waals surface area contributed by atoms with Gasteiger partial charge in [0.05, 0.1) is 12.2 Å². The molecule has 1 heterocycles. The number of amides is 1. The van der Waals surface area contributed by atoms with E-state index in [9.17, 15) is 4.79 Å². The maximum Gasteiger partial charge on any atom is 0.257 e. The highest BCUT2D eigenvalue weighted by molar-refractivity contribution is 5.97. The molecule has 0 bridgehead atoms. The molecule has 26 heavy (non-hydrogen) atoms. The van der Waals surface area contributed by atoms with Gasteiger partial charge in [0.1, 0.15) is 5.75 Å². The van der Waals surface area contributed by atoms with E-state index in [-0.39, 0.29) is 30.3 Å². The zero-order chi connectivity index (χ0) is 17.2. The SMILES string of the molecule is Cl.N[C@@H]1CN(C(=O)c2ccccc2OCC2CC2)C[C@H]1c1ccccc1. The highest BCUT2D eigenvalue weighted by atomic mass is 35.5. The number of benzene rings is 2. The van der Waals surface area contributed by atoms with Crippen molar-refractivity contribution >= 4 is 18.3 Å². The van der Waals surface area contributed by atoms with E-state index >= 15 is 0 Å². The van der Waals surface area contributed by atoms with Gasteiger partial charge in [-0.2, -0.15) is 0 Å². The van der Waals surface area contributed by atoms with Crippen molar-refractivity contribution in [1.82, 2.24) is 4.90 Å². The van der Waals surface area contributed by atoms with Crippen LogP contribution in [0.2, 0.25) is 0 Å². The molecule has 2 atom stereocenters. The Labute approximate surface area is 160 Å². The first-order valence-corrected chi connectivity index (χ1v) is 9.04. The summed E-state index contributed by atoms with van der Waals surface area (Å²) in [6, 6.07) is 17.7. The Balaban J connectivity index is 0.00000196. The van der Waals surface area contributed by atoms with Crippen LogP contribution in [-0.4, -0.2) is 36.5 Å². The van der Waals surface area contributed by atoms with Gasteiger partial charge in [-0.15, -0.1) is 12.4 Å². The zero-order valence-electron chi connectivity index (χ0n) is 14.7. The lowest BCUT2D eigenvalue weighted by atomic mass is 9.95. The van der Waals surface area contributed by atoms with Crippen LogP contribution in [0.4, 0.5) is 0 Å². The minimum absolute atomic E-state index is 0. The van der Waals surface area contributed by atoms with Crippen molar-refractivity contribution in [3.63, 3.8) is 0 Å². The molecule has 0 aromatic heterocycles. The number of ether oxygens (including phenoxy) is 1. The molecule has 2 aromatic rings. The second kappa shape index (κ2) is 8.11. The van der Waals surface area contributed by atoms with Gasteiger partial charge in [-0.25, -0.2) is 0 Å². The van der Waals surface area contributed by atoms with Gasteiger partial charge < -0.3 is 15.4 Å². The molecule has 1 amide bonds. The lowest BCUT2D eigenvalue weighted by Gasteiger charge is -2.18. The molecule has 1 aliphatic heterocycles. The summed E-state index contributed by atoms with van der Waals surface area (Å²) < 4.78 is 5.90. The highest BCUT2D eigenvalue weighted by Crippen LogP contribution is 2.32. The van der Waals surface area contributed by atoms with Crippen molar-refractivity contribution in [3.8, 4) is 5.75 Å². The van der Waals surface area contributed by atoms with Crippen LogP contribution in [0, 0.1) is 5.92 Å². The van der Waals surface area contributed by atoms with E-state index in [2.05, 4.69) is 12.1 Å². The number of carbonyl (C=O) groups is 1. The van der Waals surface area contributed by atoms with Crippen molar-refractivity contribution in [3.05, 3.63) is 65.7 Å². The van der Waals surface area contributed by atoms with E-state index in [1.54, 1.807) is 0 Å². The molecule has 2 N–H and O–H groups in total. The number of rotatable bonds is 5. The second-order valence-electron chi connectivity index (χ2n) is 7.14. The van der Waals surface area contributed by atoms with Crippen LogP contribution in [0.5, 0.6) is 5.75 Å². The van der Waals surface area contributed by atoms with Gasteiger partial charge in [0.2, 0.25) is 0 Å². The molecule has 0 unspecified atom stereocenters. The molecule has 2 aliphatic rings. The van der Waals surface area contributed by atoms with Gasteiger partial charge in [0.15, 0.2) is 0 Å². The largest absolute Gasteiger partial charge is 0.492 e. The smallest absolute Gasteiger partial charge is 0.257 e. The Morgan fingerprint density at radius 1 is 1.04 bits per heavy atom. The fraction of sp³-hybridized carbons (Fsp3) is 0.381. The normalized spacial score (nSPS) is 22.0. The van der Waals surface area contributed by atoms with E-state index in [1.165, 1.54) is 18.4 Å². The van der Waals surface area contributed by atoms with E-state index in [0.717, 1.165) is 0 Å². The molecule has 1 saturated carbocycles. The number of nitrogens with zero attached hydrogens (tertiary/aromatic N) is 1. The van der Waals surface area contributed by atoms with Crippen LogP contribution in [0.3, 0.4) is 0 Å². The average molecular weight is 373 g/mol. The lowest BCUT2D eigenvalue weighted by molar-refractivity contribution is 0.0784. The summed E-state index contributed by atoms with van der Waals surface area (Å²) in [5.74, 6) is 1.55. The summed E-state index contributed by atoms with van der Waals surface area (Å²) in [6.45, 7) is 1.94. The Kier molecular flexibility index (Phi) is 5.84. The quantitative estimate of drug-likeness (QED) is 0.874. The van der Waals surface area contributed by atoms with Crippen molar-refractivity contribution in [2.75, 3.05) is 19.7 Å². The third-order valence-corrected chi connectivity index (χ3v) is 5.17. The Morgan fingerprint density at radius 3 is 2.46 bits per heavy atom. The molecule has 2 aromatic carbocycles. The fourth-order valence-electron chi connectivity index (χ4n) is 3.48. The molecule has 0 spiro atoms. The molecule has 1 saturated heterocycles. The molecular weight excluding hydrogens is 348 g/mol. The highest BCUT2D eigenvalue weighted by Gasteiger charge is 2.35. The van der Waals surface area contributed by atoms with E-state index in [4.69, 9.17) is 10.5 Å². The van der Waals surface area contributed by atoms with Crippen LogP contribution in [0.15, 0.2) is 54.6 Å². The average Bonchev–Trinajstić information content (AvgIpc) is 3.40. The molecular formula is C21H25ClN2O2. The molecule has 5 heteroatoms. The summed E-state index contributed by atoms with van der Waals surface area (Å²) >= 11 is 0. The number of hydrogen-bond donors (Lipinski definition) is 1. The van der Waals surface area contributed by atoms with E-state index in [0.29, 0.717) is 36.9 Å². The summed E-state index contributed by atoms with van der Waals surface area (Å²) in [7, 11) is 0. The lowest BCUT2D eigenvalue weighted by Crippen LogP contribution is -2.32. The molecule has 4 rings (SSSR count). The van der Waals surface area contributed by atoms with Gasteiger partial charge in [-0.3, -0.25) is 4.79 Å². The Bertz CT molecular complexity index is 749. The van der Waals surface area contributed by atoms with Gasteiger partial charge in [0, 0.05) is 25.0 Å². The molecule has 2 fully saturated rings. The van der Waals surface area contributed by atoms with Crippen LogP contribution in [0.1, 0.15) is 34.7 Å². The maximum absolute atomic E-state index is 13.0. The van der Waals surface area contributed by atoms with Gasteiger partial charge in [0.25, 0.3) is 5.91 Å². The first kappa shape index (κ1) is 18.7. The molecule has 0 radical (unpaired) electrons. The van der Waals surface area contributed by atoms with Gasteiger partial charge >= 0.3 is 0 Å². The molecule has 138 valence electrons. The Hall–Kier alpha value is -2.04. The Morgan fingerprint density at radius 2 is 1.73 bits per heavy atom. The van der Waals surface area contributed by atoms with Crippen LogP contribution >= 0.6 is 12.4 Å². The third kappa shape index (κ3) is 4.02. The number of carbonyl (C=O) groups excluding carboxylic acids is 1. The third-order valence-electron chi connectivity index (χ3n) is 5.17. The number of likely N-dealkylation sites (tertiary alicyclic amines) is 1. The maximum atomic E-state index is 13.0. The van der Waals surface area contributed by atoms with Crippen LogP contribution < -0.4 is 10.5 Å². The number of hydrogen-bond acceptors (Lipinski definition) is 3. The van der Waals surface area contributed by atoms with Crippen LogP contribution in [0.25, 0.3) is 0 Å². The summed E-state index contributed by atoms with van der Waals surface area (Å²) in [5.41, 5.74) is 8.18. The first-order valence-electron chi connectivity index (χ1n) is 9.04. The monoisotopic (exact) mass is 372 g/mol. The van der Waals surface area contributed by atoms with Gasteiger partial charge in [-0.05, 0) is 36.5 Å². The minimum Gasteiger partial charge on any atom is -0.492 e. The number of para-hydroxylation sites is 1. The van der Waals surface area contributed by atoms with Crippen molar-refractivity contribution < 1.29 is 9.53 Å². The van der Waals surface area contributed by atoms with Crippen molar-refractivity contribution in [2.45, 2.75) is 24.8 Å². The van der Waals surface area contributed by atoms with Crippen molar-refractivity contribution in [1.29, 1.82) is 0 Å². The summed E-state index contributed by atoms with van der Waals surface area (Å²) in [6.07, 6.45) is 2.46. The number of halogens is 1. The topological polar surface area (TPSA) is 55.6 Å². The predicted octanol–water partition coefficient (Wildman–Crippen LogP) is 3.46. The molecule has 4 nitrogen and oxygen atoms in total. The number of nitrogens with two attached hydrogens (primary N) is 1. The second-order valence-corrected chi connectivity index (χ2v) is 7.14. The van der Waals surface area contributed by atoms with Crippen molar-refractivity contribution in [2.24, 2.45) is 11.7 Å². The minimum atomic E-state index is -0.0362. The van der Waals surface area contributed by atoms with Crippen LogP contribution in [-0.2, 0) is 0 Å². The summed E-state index contributed by atoms with van der Waals surface area (Å²) in [5, 5.41) is 0. The predicted molar refractivity (Wildman–Crippen MR) is 105 cm³/mol. The summed E-state index contributed by atoms with van der Waals surface area (Å²) in [4.78, 5) is 14.9. The van der Waals surface area contributed by atoms with Gasteiger partial charge in [-0.1, -0.05) is 42.5 Å². The molecule has 1 aliphatic carbocycles.